The van der Waals surface area contributed by atoms with Gasteiger partial charge in [0.2, 0.25) is 0 Å². The van der Waals surface area contributed by atoms with Crippen LogP contribution in [0.25, 0.3) is 0 Å². The molecule has 1 unspecified atom stereocenters. The van der Waals surface area contributed by atoms with E-state index in [4.69, 9.17) is 0 Å². The van der Waals surface area contributed by atoms with Crippen molar-refractivity contribution in [2.75, 3.05) is 37.7 Å². The molecule has 2 saturated heterocycles. The van der Waals surface area contributed by atoms with E-state index in [9.17, 15) is 21.6 Å². The van der Waals surface area contributed by atoms with E-state index in [0.29, 0.717) is 38.9 Å². The van der Waals surface area contributed by atoms with Gasteiger partial charge in [0.1, 0.15) is 15.9 Å². The highest BCUT2D eigenvalue weighted by molar-refractivity contribution is 7.91. The fourth-order valence-electron chi connectivity index (χ4n) is 2.93. The average molecular weight is 314 g/mol. The molecule has 0 amide bonds. The van der Waals surface area contributed by atoms with Crippen LogP contribution in [0.2, 0.25) is 0 Å². The van der Waals surface area contributed by atoms with Gasteiger partial charge in [-0.2, -0.15) is 13.2 Å². The number of sulfone groups is 1. The van der Waals surface area contributed by atoms with E-state index < -0.39 is 22.1 Å². The molecular formula is C12H21F3N2O2S. The zero-order chi connectivity index (χ0) is 14.8. The van der Waals surface area contributed by atoms with Crippen LogP contribution in [0.3, 0.4) is 0 Å². The second kappa shape index (κ2) is 6.19. The lowest BCUT2D eigenvalue weighted by Crippen LogP contribution is -2.51. The molecule has 0 spiro atoms. The van der Waals surface area contributed by atoms with Gasteiger partial charge in [0, 0.05) is 19.6 Å². The third kappa shape index (κ3) is 4.33. The lowest BCUT2D eigenvalue weighted by atomic mass is 10.0. The van der Waals surface area contributed by atoms with Crippen LogP contribution in [-0.4, -0.2) is 63.2 Å². The largest absolute Gasteiger partial charge is 0.405 e. The van der Waals surface area contributed by atoms with Gasteiger partial charge in [-0.1, -0.05) is 0 Å². The van der Waals surface area contributed by atoms with Crippen molar-refractivity contribution in [3.63, 3.8) is 0 Å². The molecule has 0 aromatic carbocycles. The van der Waals surface area contributed by atoms with Crippen LogP contribution in [0.15, 0.2) is 0 Å². The monoisotopic (exact) mass is 314 g/mol. The van der Waals surface area contributed by atoms with E-state index in [1.54, 1.807) is 0 Å². The smallest absolute Gasteiger partial charge is 0.315 e. The molecule has 0 aromatic rings. The molecule has 4 nitrogen and oxygen atoms in total. The molecule has 0 bridgehead atoms. The molecule has 0 radical (unpaired) electrons. The second-order valence-electron chi connectivity index (χ2n) is 5.71. The number of rotatable bonds is 2. The lowest BCUT2D eigenvalue weighted by Gasteiger charge is -2.35. The summed E-state index contributed by atoms with van der Waals surface area (Å²) < 4.78 is 61.9. The minimum absolute atomic E-state index is 0.0569. The van der Waals surface area contributed by atoms with Crippen molar-refractivity contribution in [3.05, 3.63) is 0 Å². The predicted molar refractivity (Wildman–Crippen MR) is 70.3 cm³/mol. The van der Waals surface area contributed by atoms with E-state index >= 15 is 0 Å². The highest BCUT2D eigenvalue weighted by Crippen LogP contribution is 2.28. The maximum Gasteiger partial charge on any atom is 0.405 e. The highest BCUT2D eigenvalue weighted by Gasteiger charge is 2.44. The first-order chi connectivity index (χ1) is 9.28. The fourth-order valence-corrected chi connectivity index (χ4v) is 4.51. The van der Waals surface area contributed by atoms with Gasteiger partial charge in [-0.05, 0) is 31.7 Å². The average Bonchev–Trinajstić information content (AvgIpc) is 2.56. The van der Waals surface area contributed by atoms with E-state index in [2.05, 4.69) is 5.32 Å². The fraction of sp³-hybridized carbons (Fsp3) is 1.00. The Kier molecular flexibility index (Phi) is 4.96. The van der Waals surface area contributed by atoms with E-state index in [1.165, 1.54) is 4.90 Å². The maximum atomic E-state index is 13.1. The van der Waals surface area contributed by atoms with Gasteiger partial charge in [0.15, 0.2) is 0 Å². The molecule has 20 heavy (non-hydrogen) atoms. The van der Waals surface area contributed by atoms with E-state index in [1.807, 2.05) is 0 Å². The summed E-state index contributed by atoms with van der Waals surface area (Å²) in [5, 5.41) is 2.83. The Morgan fingerprint density at radius 2 is 1.85 bits per heavy atom. The number of nitrogens with one attached hydrogen (secondary N) is 1. The van der Waals surface area contributed by atoms with Gasteiger partial charge in [-0.15, -0.1) is 0 Å². The third-order valence-electron chi connectivity index (χ3n) is 4.12. The molecule has 2 aliphatic heterocycles. The highest BCUT2D eigenvalue weighted by atomic mass is 32.2. The topological polar surface area (TPSA) is 49.4 Å². The van der Waals surface area contributed by atoms with Crippen LogP contribution in [0.1, 0.15) is 19.3 Å². The van der Waals surface area contributed by atoms with Gasteiger partial charge in [0.25, 0.3) is 0 Å². The molecule has 0 aliphatic carbocycles. The van der Waals surface area contributed by atoms with Crippen molar-refractivity contribution in [2.45, 2.75) is 31.5 Å². The van der Waals surface area contributed by atoms with Crippen molar-refractivity contribution < 1.29 is 21.6 Å². The molecule has 118 valence electrons. The van der Waals surface area contributed by atoms with Crippen LogP contribution < -0.4 is 5.32 Å². The summed E-state index contributed by atoms with van der Waals surface area (Å²) in [6.07, 6.45) is -2.58. The zero-order valence-electron chi connectivity index (χ0n) is 11.3. The first-order valence-corrected chi connectivity index (χ1v) is 8.82. The van der Waals surface area contributed by atoms with Crippen molar-refractivity contribution in [3.8, 4) is 0 Å². The number of hydrogen-bond donors (Lipinski definition) is 1. The van der Waals surface area contributed by atoms with Crippen molar-refractivity contribution >= 4 is 9.84 Å². The van der Waals surface area contributed by atoms with Crippen molar-refractivity contribution in [2.24, 2.45) is 5.92 Å². The molecule has 2 rings (SSSR count). The first-order valence-electron chi connectivity index (χ1n) is 7.00. The summed E-state index contributed by atoms with van der Waals surface area (Å²) in [6, 6.07) is -1.46. The molecule has 0 aromatic heterocycles. The molecule has 8 heteroatoms. The summed E-state index contributed by atoms with van der Waals surface area (Å²) >= 11 is 0. The van der Waals surface area contributed by atoms with Gasteiger partial charge in [0.05, 0.1) is 11.5 Å². The van der Waals surface area contributed by atoms with Gasteiger partial charge in [-0.3, -0.25) is 4.90 Å². The molecule has 0 saturated carbocycles. The van der Waals surface area contributed by atoms with Crippen molar-refractivity contribution in [1.82, 2.24) is 10.2 Å². The number of hydrogen-bond acceptors (Lipinski definition) is 4. The molecular weight excluding hydrogens is 293 g/mol. The summed E-state index contributed by atoms with van der Waals surface area (Å²) in [6.45, 7) is 1.29. The molecule has 2 heterocycles. The zero-order valence-corrected chi connectivity index (χ0v) is 12.1. The Labute approximate surface area is 117 Å². The Hall–Kier alpha value is -0.340. The predicted octanol–water partition coefficient (Wildman–Crippen LogP) is 1.04. The molecule has 1 atom stereocenters. The summed E-state index contributed by atoms with van der Waals surface area (Å²) in [7, 11) is -2.96. The normalized spacial score (nSPS) is 30.1. The second-order valence-corrected chi connectivity index (χ2v) is 8.01. The van der Waals surface area contributed by atoms with Gasteiger partial charge >= 0.3 is 6.18 Å². The Balaban J connectivity index is 1.98. The van der Waals surface area contributed by atoms with Crippen molar-refractivity contribution in [1.29, 1.82) is 0 Å². The Morgan fingerprint density at radius 1 is 1.20 bits per heavy atom. The Morgan fingerprint density at radius 3 is 2.45 bits per heavy atom. The van der Waals surface area contributed by atoms with Gasteiger partial charge < -0.3 is 5.32 Å². The van der Waals surface area contributed by atoms with E-state index in [0.717, 1.165) is 0 Å². The van der Waals surface area contributed by atoms with Gasteiger partial charge in [-0.25, -0.2) is 8.42 Å². The standard InChI is InChI=1S/C12H21F3N2O2S/c13-12(14,15)11-8-16-4-1-5-17(11)9-10-2-6-20(18,19)7-3-10/h10-11,16H,1-9H2. The first kappa shape index (κ1) is 16.0. The van der Waals surface area contributed by atoms with Crippen LogP contribution in [0.5, 0.6) is 0 Å². The Bertz CT molecular complexity index is 411. The number of halogens is 3. The number of nitrogens with zero attached hydrogens (tertiary/aromatic N) is 1. The SMILES string of the molecule is O=S1(=O)CCC(CN2CCCNCC2C(F)(F)F)CC1. The third-order valence-corrected chi connectivity index (χ3v) is 5.84. The summed E-state index contributed by atoms with van der Waals surface area (Å²) in [5.74, 6) is 0.280. The minimum atomic E-state index is -4.24. The lowest BCUT2D eigenvalue weighted by molar-refractivity contribution is -0.182. The minimum Gasteiger partial charge on any atom is -0.315 e. The van der Waals surface area contributed by atoms with Crippen LogP contribution >= 0.6 is 0 Å². The van der Waals surface area contributed by atoms with Crippen LogP contribution in [-0.2, 0) is 9.84 Å². The molecule has 2 fully saturated rings. The van der Waals surface area contributed by atoms with E-state index in [-0.39, 0.29) is 24.0 Å². The summed E-state index contributed by atoms with van der Waals surface area (Å²) in [4.78, 5) is 1.49. The van der Waals surface area contributed by atoms with Crippen LogP contribution in [0, 0.1) is 5.92 Å². The van der Waals surface area contributed by atoms with Crippen LogP contribution in [0.4, 0.5) is 13.2 Å². The maximum absolute atomic E-state index is 13.1. The molecule has 2 aliphatic rings. The number of alkyl halides is 3. The quantitative estimate of drug-likeness (QED) is 0.827. The molecule has 1 N–H and O–H groups in total. The summed E-state index contributed by atoms with van der Waals surface area (Å²) in [5.41, 5.74) is 0.